The first kappa shape index (κ1) is 12.7. The number of nitrogens with zero attached hydrogens (tertiary/aromatic N) is 2. The highest BCUT2D eigenvalue weighted by molar-refractivity contribution is 6.05. The zero-order valence-electron chi connectivity index (χ0n) is 11.2. The Morgan fingerprint density at radius 2 is 2.00 bits per heavy atom. The Morgan fingerprint density at radius 3 is 2.60 bits per heavy atom. The van der Waals surface area contributed by atoms with E-state index in [4.69, 9.17) is 5.73 Å². The van der Waals surface area contributed by atoms with E-state index in [9.17, 15) is 9.18 Å². The summed E-state index contributed by atoms with van der Waals surface area (Å²) in [5, 5.41) is 0. The average Bonchev–Trinajstić information content (AvgIpc) is 3.21. The van der Waals surface area contributed by atoms with Gasteiger partial charge in [0.2, 0.25) is 0 Å². The summed E-state index contributed by atoms with van der Waals surface area (Å²) in [7, 11) is 1.68. The van der Waals surface area contributed by atoms with Crippen molar-refractivity contribution in [1.82, 2.24) is 4.57 Å². The van der Waals surface area contributed by atoms with Crippen LogP contribution in [-0.2, 0) is 0 Å². The fourth-order valence-corrected chi connectivity index (χ4v) is 2.28. The highest BCUT2D eigenvalue weighted by Crippen LogP contribution is 2.37. The molecule has 0 unspecified atom stereocenters. The largest absolute Gasteiger partial charge is 0.397 e. The van der Waals surface area contributed by atoms with Gasteiger partial charge in [0.05, 0.1) is 5.69 Å². The van der Waals surface area contributed by atoms with E-state index in [1.165, 1.54) is 17.0 Å². The summed E-state index contributed by atoms with van der Waals surface area (Å²) in [4.78, 5) is 14.1. The molecule has 104 valence electrons. The number of amides is 1. The lowest BCUT2D eigenvalue weighted by Crippen LogP contribution is -2.28. The molecule has 0 atom stereocenters. The molecule has 20 heavy (non-hydrogen) atoms. The van der Waals surface area contributed by atoms with Crippen LogP contribution in [0.4, 0.5) is 15.8 Å². The van der Waals surface area contributed by atoms with Crippen LogP contribution in [0.1, 0.15) is 29.4 Å². The van der Waals surface area contributed by atoms with E-state index in [1.807, 2.05) is 10.8 Å². The van der Waals surface area contributed by atoms with Gasteiger partial charge >= 0.3 is 0 Å². The van der Waals surface area contributed by atoms with Crippen molar-refractivity contribution in [2.75, 3.05) is 17.7 Å². The van der Waals surface area contributed by atoms with Crippen LogP contribution >= 0.6 is 0 Å². The van der Waals surface area contributed by atoms with E-state index in [0.717, 1.165) is 12.8 Å². The van der Waals surface area contributed by atoms with Crippen LogP contribution < -0.4 is 10.6 Å². The number of hydrogen-bond acceptors (Lipinski definition) is 2. The Balaban J connectivity index is 1.90. The standard InChI is InChI=1S/C15H16FN3O/c1-18(12-4-2-10(16)3-5-12)15(20)14-8-11(17)9-19(14)13-6-7-13/h2-5,8-9,13H,6-7,17H2,1H3. The van der Waals surface area contributed by atoms with E-state index in [-0.39, 0.29) is 11.7 Å². The fourth-order valence-electron chi connectivity index (χ4n) is 2.28. The SMILES string of the molecule is CN(C(=O)c1cc(N)cn1C1CC1)c1ccc(F)cc1. The monoisotopic (exact) mass is 273 g/mol. The second-order valence-corrected chi connectivity index (χ2v) is 5.14. The minimum Gasteiger partial charge on any atom is -0.397 e. The smallest absolute Gasteiger partial charge is 0.274 e. The van der Waals surface area contributed by atoms with Crippen LogP contribution in [0.2, 0.25) is 0 Å². The summed E-state index contributed by atoms with van der Waals surface area (Å²) >= 11 is 0. The normalized spacial score (nSPS) is 14.3. The van der Waals surface area contributed by atoms with Gasteiger partial charge in [0.1, 0.15) is 11.5 Å². The number of aromatic nitrogens is 1. The van der Waals surface area contributed by atoms with Gasteiger partial charge < -0.3 is 15.2 Å². The first-order valence-corrected chi connectivity index (χ1v) is 6.57. The summed E-state index contributed by atoms with van der Waals surface area (Å²) in [5.74, 6) is -0.458. The van der Waals surface area contributed by atoms with Crippen molar-refractivity contribution in [3.05, 3.63) is 48.0 Å². The molecule has 5 heteroatoms. The number of nitrogens with two attached hydrogens (primary N) is 1. The summed E-state index contributed by atoms with van der Waals surface area (Å²) in [6.07, 6.45) is 3.97. The maximum absolute atomic E-state index is 12.9. The predicted octanol–water partition coefficient (Wildman–Crippen LogP) is 2.82. The Hall–Kier alpha value is -2.30. The number of benzene rings is 1. The lowest BCUT2D eigenvalue weighted by molar-refractivity contribution is 0.0984. The van der Waals surface area contributed by atoms with Gasteiger partial charge in [-0.3, -0.25) is 4.79 Å². The molecule has 2 aromatic rings. The molecular formula is C15H16FN3O. The molecule has 3 rings (SSSR count). The number of hydrogen-bond donors (Lipinski definition) is 1. The van der Waals surface area contributed by atoms with E-state index in [1.54, 1.807) is 25.2 Å². The number of rotatable bonds is 3. The van der Waals surface area contributed by atoms with Crippen molar-refractivity contribution >= 4 is 17.3 Å². The molecule has 0 bridgehead atoms. The second kappa shape index (κ2) is 4.67. The van der Waals surface area contributed by atoms with Crippen molar-refractivity contribution in [3.63, 3.8) is 0 Å². The topological polar surface area (TPSA) is 51.3 Å². The van der Waals surface area contributed by atoms with Crippen LogP contribution in [0.25, 0.3) is 0 Å². The second-order valence-electron chi connectivity index (χ2n) is 5.14. The zero-order chi connectivity index (χ0) is 14.3. The molecule has 0 spiro atoms. The van der Waals surface area contributed by atoms with E-state index in [2.05, 4.69) is 0 Å². The lowest BCUT2D eigenvalue weighted by Gasteiger charge is -2.18. The van der Waals surface area contributed by atoms with Gasteiger partial charge in [0.25, 0.3) is 5.91 Å². The van der Waals surface area contributed by atoms with Gasteiger partial charge in [0, 0.05) is 25.0 Å². The summed E-state index contributed by atoms with van der Waals surface area (Å²) in [6.45, 7) is 0. The van der Waals surface area contributed by atoms with Crippen molar-refractivity contribution in [1.29, 1.82) is 0 Å². The summed E-state index contributed by atoms with van der Waals surface area (Å²) in [5.41, 5.74) is 7.62. The highest BCUT2D eigenvalue weighted by Gasteiger charge is 2.29. The molecule has 2 N–H and O–H groups in total. The number of nitrogen functional groups attached to an aromatic ring is 1. The molecule has 0 saturated heterocycles. The molecule has 0 aliphatic heterocycles. The van der Waals surface area contributed by atoms with Crippen LogP contribution in [0.3, 0.4) is 0 Å². The molecule has 1 amide bonds. The van der Waals surface area contributed by atoms with E-state index < -0.39 is 0 Å². The molecule has 1 heterocycles. The van der Waals surface area contributed by atoms with E-state index in [0.29, 0.717) is 23.1 Å². The zero-order valence-corrected chi connectivity index (χ0v) is 11.2. The third-order valence-corrected chi connectivity index (χ3v) is 3.55. The fraction of sp³-hybridized carbons (Fsp3) is 0.267. The molecule has 1 aromatic heterocycles. The maximum Gasteiger partial charge on any atom is 0.274 e. The van der Waals surface area contributed by atoms with Crippen LogP contribution in [0, 0.1) is 5.82 Å². The maximum atomic E-state index is 12.9. The van der Waals surface area contributed by atoms with Crippen molar-refractivity contribution in [2.24, 2.45) is 0 Å². The van der Waals surface area contributed by atoms with Gasteiger partial charge in [-0.1, -0.05) is 0 Å². The predicted molar refractivity (Wildman–Crippen MR) is 76.2 cm³/mol. The van der Waals surface area contributed by atoms with Crippen molar-refractivity contribution in [3.8, 4) is 0 Å². The first-order chi connectivity index (χ1) is 9.56. The van der Waals surface area contributed by atoms with Gasteiger partial charge in [-0.05, 0) is 43.2 Å². The number of carbonyl (C=O) groups excluding carboxylic acids is 1. The van der Waals surface area contributed by atoms with Crippen LogP contribution in [0.15, 0.2) is 36.5 Å². The molecule has 1 fully saturated rings. The molecule has 0 radical (unpaired) electrons. The van der Waals surface area contributed by atoms with Crippen molar-refractivity contribution in [2.45, 2.75) is 18.9 Å². The third-order valence-electron chi connectivity index (χ3n) is 3.55. The van der Waals surface area contributed by atoms with Gasteiger partial charge in [0.15, 0.2) is 0 Å². The summed E-state index contributed by atoms with van der Waals surface area (Å²) in [6, 6.07) is 7.93. The van der Waals surface area contributed by atoms with Crippen molar-refractivity contribution < 1.29 is 9.18 Å². The van der Waals surface area contributed by atoms with Crippen LogP contribution in [0.5, 0.6) is 0 Å². The quantitative estimate of drug-likeness (QED) is 0.935. The Bertz CT molecular complexity index is 644. The van der Waals surface area contributed by atoms with Gasteiger partial charge in [-0.15, -0.1) is 0 Å². The summed E-state index contributed by atoms with van der Waals surface area (Å²) < 4.78 is 14.9. The lowest BCUT2D eigenvalue weighted by atomic mass is 10.2. The first-order valence-electron chi connectivity index (χ1n) is 6.57. The Kier molecular flexibility index (Phi) is 2.97. The van der Waals surface area contributed by atoms with Crippen LogP contribution in [-0.4, -0.2) is 17.5 Å². The van der Waals surface area contributed by atoms with Gasteiger partial charge in [-0.25, -0.2) is 4.39 Å². The molecular weight excluding hydrogens is 257 g/mol. The highest BCUT2D eigenvalue weighted by atomic mass is 19.1. The molecule has 1 aliphatic carbocycles. The van der Waals surface area contributed by atoms with Gasteiger partial charge in [-0.2, -0.15) is 0 Å². The number of anilines is 2. The number of carbonyl (C=O) groups is 1. The Labute approximate surface area is 116 Å². The number of halogens is 1. The molecule has 1 saturated carbocycles. The minimum absolute atomic E-state index is 0.139. The average molecular weight is 273 g/mol. The van der Waals surface area contributed by atoms with E-state index >= 15 is 0 Å². The third kappa shape index (κ3) is 2.27. The molecule has 1 aliphatic rings. The molecule has 1 aromatic carbocycles. The minimum atomic E-state index is -0.319. The molecule has 4 nitrogen and oxygen atoms in total. The Morgan fingerprint density at radius 1 is 1.35 bits per heavy atom.